The first-order chi connectivity index (χ1) is 11.8. The van der Waals surface area contributed by atoms with Gasteiger partial charge in [0.15, 0.2) is 5.69 Å². The molecule has 0 radical (unpaired) electrons. The standard InChI is InChI=1S/C18H24F3N3O/c1-2-14(17-7-10-3-11(8-17)5-12(4-10)9-17)22-16(25)13-6-15(24-23-13)18(19,20)21/h6,10-12,14H,2-5,7-9H2,1H3,(H,22,25)(H,23,24). The van der Waals surface area contributed by atoms with Crippen molar-refractivity contribution in [3.05, 3.63) is 17.5 Å². The number of alkyl halides is 3. The molecule has 1 heterocycles. The van der Waals surface area contributed by atoms with Gasteiger partial charge in [0, 0.05) is 12.1 Å². The molecular weight excluding hydrogens is 331 g/mol. The molecule has 1 unspecified atom stereocenters. The lowest BCUT2D eigenvalue weighted by Gasteiger charge is -2.59. The molecule has 4 saturated carbocycles. The number of hydrogen-bond donors (Lipinski definition) is 2. The minimum Gasteiger partial charge on any atom is -0.347 e. The Hall–Kier alpha value is -1.53. The molecule has 0 saturated heterocycles. The Morgan fingerprint density at radius 2 is 1.84 bits per heavy atom. The maximum Gasteiger partial charge on any atom is 0.432 e. The zero-order chi connectivity index (χ0) is 17.8. The molecule has 4 aliphatic carbocycles. The molecule has 1 atom stereocenters. The molecule has 4 fully saturated rings. The molecule has 1 aromatic heterocycles. The monoisotopic (exact) mass is 355 g/mol. The SMILES string of the molecule is CCC(NC(=O)c1cc(C(F)(F)F)[nH]n1)C12CC3CC(CC(C3)C1)C2. The highest BCUT2D eigenvalue weighted by molar-refractivity contribution is 5.92. The van der Waals surface area contributed by atoms with Crippen molar-refractivity contribution in [1.82, 2.24) is 15.5 Å². The van der Waals surface area contributed by atoms with Crippen LogP contribution < -0.4 is 5.32 Å². The van der Waals surface area contributed by atoms with E-state index in [-0.39, 0.29) is 17.2 Å². The van der Waals surface area contributed by atoms with E-state index in [1.807, 2.05) is 5.10 Å². The average molecular weight is 355 g/mol. The van der Waals surface area contributed by atoms with Crippen LogP contribution in [-0.4, -0.2) is 22.1 Å². The van der Waals surface area contributed by atoms with Crippen LogP contribution in [-0.2, 0) is 6.18 Å². The van der Waals surface area contributed by atoms with Crippen molar-refractivity contribution in [3.8, 4) is 0 Å². The highest BCUT2D eigenvalue weighted by Crippen LogP contribution is 2.61. The Morgan fingerprint density at radius 3 is 2.28 bits per heavy atom. The van der Waals surface area contributed by atoms with Gasteiger partial charge in [0.1, 0.15) is 5.69 Å². The predicted octanol–water partition coefficient (Wildman–Crippen LogP) is 4.15. The van der Waals surface area contributed by atoms with Gasteiger partial charge in [-0.3, -0.25) is 9.89 Å². The highest BCUT2D eigenvalue weighted by atomic mass is 19.4. The van der Waals surface area contributed by atoms with E-state index in [0.29, 0.717) is 0 Å². The third-order valence-electron chi connectivity index (χ3n) is 6.65. The largest absolute Gasteiger partial charge is 0.432 e. The maximum atomic E-state index is 12.7. The van der Waals surface area contributed by atoms with Gasteiger partial charge in [0.25, 0.3) is 5.91 Å². The summed E-state index contributed by atoms with van der Waals surface area (Å²) in [5.74, 6) is 1.78. The smallest absolute Gasteiger partial charge is 0.347 e. The third kappa shape index (κ3) is 2.95. The van der Waals surface area contributed by atoms with E-state index < -0.39 is 17.8 Å². The van der Waals surface area contributed by atoms with Gasteiger partial charge >= 0.3 is 6.18 Å². The Bertz CT molecular complexity index is 631. The summed E-state index contributed by atoms with van der Waals surface area (Å²) >= 11 is 0. The van der Waals surface area contributed by atoms with E-state index in [2.05, 4.69) is 17.3 Å². The Kier molecular flexibility index (Phi) is 3.88. The fraction of sp³-hybridized carbons (Fsp3) is 0.778. The summed E-state index contributed by atoms with van der Waals surface area (Å²) in [5.41, 5.74) is -1.04. The number of aromatic amines is 1. The summed E-state index contributed by atoms with van der Waals surface area (Å²) in [5, 5.41) is 8.49. The van der Waals surface area contributed by atoms with Gasteiger partial charge in [0.05, 0.1) is 0 Å². The van der Waals surface area contributed by atoms with Gasteiger partial charge in [-0.15, -0.1) is 0 Å². The summed E-state index contributed by atoms with van der Waals surface area (Å²) < 4.78 is 38.1. The van der Waals surface area contributed by atoms with Gasteiger partial charge in [-0.1, -0.05) is 6.92 Å². The number of halogens is 3. The van der Waals surface area contributed by atoms with E-state index >= 15 is 0 Å². The zero-order valence-corrected chi connectivity index (χ0v) is 14.3. The van der Waals surface area contributed by atoms with Crippen LogP contribution in [0.25, 0.3) is 0 Å². The second-order valence-corrected chi connectivity index (χ2v) is 8.38. The van der Waals surface area contributed by atoms with Crippen molar-refractivity contribution in [3.63, 3.8) is 0 Å². The molecule has 0 spiro atoms. The molecule has 1 amide bonds. The lowest BCUT2D eigenvalue weighted by atomic mass is 9.47. The first kappa shape index (κ1) is 16.9. The topological polar surface area (TPSA) is 57.8 Å². The molecule has 2 N–H and O–H groups in total. The predicted molar refractivity (Wildman–Crippen MR) is 85.7 cm³/mol. The number of carbonyl (C=O) groups is 1. The quantitative estimate of drug-likeness (QED) is 0.852. The number of hydrogen-bond acceptors (Lipinski definition) is 2. The Balaban J connectivity index is 1.50. The van der Waals surface area contributed by atoms with Crippen LogP contribution in [0, 0.1) is 23.2 Å². The first-order valence-corrected chi connectivity index (χ1v) is 9.22. The van der Waals surface area contributed by atoms with Crippen molar-refractivity contribution >= 4 is 5.91 Å². The molecule has 138 valence electrons. The molecule has 4 bridgehead atoms. The molecule has 1 aromatic rings. The lowest BCUT2D eigenvalue weighted by molar-refractivity contribution is -0.141. The number of nitrogens with one attached hydrogen (secondary N) is 2. The fourth-order valence-electron chi connectivity index (χ4n) is 6.11. The molecule has 0 aromatic carbocycles. The minimum absolute atomic E-state index is 0.0134. The Labute approximate surface area is 144 Å². The second-order valence-electron chi connectivity index (χ2n) is 8.38. The van der Waals surface area contributed by atoms with Gasteiger partial charge in [-0.2, -0.15) is 18.3 Å². The second kappa shape index (κ2) is 5.74. The van der Waals surface area contributed by atoms with Crippen LogP contribution >= 0.6 is 0 Å². The van der Waals surface area contributed by atoms with Crippen molar-refractivity contribution in [1.29, 1.82) is 0 Å². The number of carbonyl (C=O) groups excluding carboxylic acids is 1. The summed E-state index contributed by atoms with van der Waals surface area (Å²) in [6.45, 7) is 2.05. The van der Waals surface area contributed by atoms with E-state index in [1.165, 1.54) is 19.3 Å². The molecule has 4 nitrogen and oxygen atoms in total. The molecule has 5 rings (SSSR count). The number of H-pyrrole nitrogens is 1. The van der Waals surface area contributed by atoms with E-state index in [4.69, 9.17) is 0 Å². The van der Waals surface area contributed by atoms with Crippen LogP contribution in [0.4, 0.5) is 13.2 Å². The number of nitrogens with zero attached hydrogens (tertiary/aromatic N) is 1. The molecule has 0 aliphatic heterocycles. The molecule has 4 aliphatic rings. The third-order valence-corrected chi connectivity index (χ3v) is 6.65. The van der Waals surface area contributed by atoms with Gasteiger partial charge in [-0.05, 0) is 68.1 Å². The number of amides is 1. The molecular formula is C18H24F3N3O. The Morgan fingerprint density at radius 1 is 1.28 bits per heavy atom. The van der Waals surface area contributed by atoms with Gasteiger partial charge < -0.3 is 5.32 Å². The van der Waals surface area contributed by atoms with Crippen LogP contribution in [0.15, 0.2) is 6.07 Å². The van der Waals surface area contributed by atoms with E-state index in [1.54, 1.807) is 0 Å². The van der Waals surface area contributed by atoms with E-state index in [0.717, 1.165) is 49.5 Å². The molecule has 7 heteroatoms. The van der Waals surface area contributed by atoms with Gasteiger partial charge in [-0.25, -0.2) is 0 Å². The minimum atomic E-state index is -4.52. The van der Waals surface area contributed by atoms with Crippen LogP contribution in [0.3, 0.4) is 0 Å². The average Bonchev–Trinajstić information content (AvgIpc) is 3.01. The van der Waals surface area contributed by atoms with Crippen LogP contribution in [0.5, 0.6) is 0 Å². The van der Waals surface area contributed by atoms with Crippen molar-refractivity contribution in [2.45, 2.75) is 64.1 Å². The summed E-state index contributed by atoms with van der Waals surface area (Å²) in [6.07, 6.45) is 3.67. The van der Waals surface area contributed by atoms with Gasteiger partial charge in [0.2, 0.25) is 0 Å². The maximum absolute atomic E-state index is 12.7. The summed E-state index contributed by atoms with van der Waals surface area (Å²) in [6, 6.07) is 0.807. The number of aromatic nitrogens is 2. The summed E-state index contributed by atoms with van der Waals surface area (Å²) in [7, 11) is 0. The van der Waals surface area contributed by atoms with Crippen molar-refractivity contribution in [2.24, 2.45) is 23.2 Å². The van der Waals surface area contributed by atoms with Crippen molar-refractivity contribution in [2.75, 3.05) is 0 Å². The van der Waals surface area contributed by atoms with Crippen LogP contribution in [0.2, 0.25) is 0 Å². The normalized spacial score (nSPS) is 35.0. The zero-order valence-electron chi connectivity index (χ0n) is 14.3. The molecule has 25 heavy (non-hydrogen) atoms. The fourth-order valence-corrected chi connectivity index (χ4v) is 6.11. The van der Waals surface area contributed by atoms with E-state index in [9.17, 15) is 18.0 Å². The highest BCUT2D eigenvalue weighted by Gasteiger charge is 2.54. The summed E-state index contributed by atoms with van der Waals surface area (Å²) in [4.78, 5) is 12.5. The first-order valence-electron chi connectivity index (χ1n) is 9.22. The number of rotatable bonds is 4. The van der Waals surface area contributed by atoms with Crippen LogP contribution in [0.1, 0.15) is 68.1 Å². The lowest BCUT2D eigenvalue weighted by Crippen LogP contribution is -2.56. The van der Waals surface area contributed by atoms with Crippen molar-refractivity contribution < 1.29 is 18.0 Å².